The van der Waals surface area contributed by atoms with Gasteiger partial charge in [0.15, 0.2) is 6.20 Å². The Morgan fingerprint density at radius 1 is 0.767 bits per heavy atom. The fraction of sp³-hybridized carbons (Fsp3) is 0.730. The number of aromatic nitrogens is 1. The van der Waals surface area contributed by atoms with Crippen LogP contribution in [0, 0.1) is 0 Å². The first-order chi connectivity index (χ1) is 21.3. The van der Waals surface area contributed by atoms with Crippen LogP contribution in [-0.4, -0.2) is 43.0 Å². The summed E-state index contributed by atoms with van der Waals surface area (Å²) in [5.74, 6) is 0. The number of amides is 1. The van der Waals surface area contributed by atoms with Crippen LogP contribution < -0.4 is 9.88 Å². The van der Waals surface area contributed by atoms with Gasteiger partial charge in [-0.2, -0.15) is 4.57 Å². The Morgan fingerprint density at radius 3 is 2.02 bits per heavy atom. The quantitative estimate of drug-likeness (QED) is 0.0848. The molecule has 242 valence electrons. The molecule has 0 bridgehead atoms. The first-order valence-corrected chi connectivity index (χ1v) is 18.7. The van der Waals surface area contributed by atoms with Gasteiger partial charge in [0, 0.05) is 47.6 Å². The third kappa shape index (κ3) is 16.2. The van der Waals surface area contributed by atoms with Crippen molar-refractivity contribution in [1.82, 2.24) is 5.32 Å². The third-order valence-corrected chi connectivity index (χ3v) is 10.1. The topological polar surface area (TPSA) is 51.4 Å². The second kappa shape index (κ2) is 23.6. The molecule has 2 atom stereocenters. The van der Waals surface area contributed by atoms with E-state index < -0.39 is 0 Å². The molecule has 6 heteroatoms. The SMILES string of the molecule is CCCCCCCCCCCCCCCCCCNC(=O)OC[C@@H]1C[C@@H](COCCCC[n+]2cccc3ccccc32)S1. The zero-order chi connectivity index (χ0) is 30.2. The van der Waals surface area contributed by atoms with Crippen LogP contribution in [0.25, 0.3) is 10.9 Å². The van der Waals surface area contributed by atoms with Crippen LogP contribution in [0.4, 0.5) is 4.79 Å². The number of thioether (sulfide) groups is 1. The molecular weight excluding hydrogens is 552 g/mol. The number of nitrogens with zero attached hydrogens (tertiary/aromatic N) is 1. The predicted octanol–water partition coefficient (Wildman–Crippen LogP) is 9.79. The highest BCUT2D eigenvalue weighted by molar-refractivity contribution is 8.01. The number of hydrogen-bond acceptors (Lipinski definition) is 4. The number of nitrogens with one attached hydrogen (secondary N) is 1. The molecule has 1 N–H and O–H groups in total. The maximum Gasteiger partial charge on any atom is 0.407 e. The largest absolute Gasteiger partial charge is 0.448 e. The standard InChI is InChI=1S/C37H60N2O3S/c1-2-3-4-5-6-7-8-9-10-11-12-13-14-15-16-19-26-38-37(40)42-32-35-30-34(43-35)31-41-29-21-20-27-39-28-22-24-33-23-17-18-25-36(33)39/h17-18,22-25,28,34-35H,2-16,19-21,26-27,29-32H2,1H3/p+1/t34-,35-/m0/s1. The lowest BCUT2D eigenvalue weighted by Gasteiger charge is -2.34. The number of para-hydroxylation sites is 1. The van der Waals surface area contributed by atoms with Gasteiger partial charge in [-0.3, -0.25) is 0 Å². The van der Waals surface area contributed by atoms with E-state index in [1.54, 1.807) is 0 Å². The molecule has 1 fully saturated rings. The number of unbranched alkanes of at least 4 members (excludes halogenated alkanes) is 16. The van der Waals surface area contributed by atoms with Crippen molar-refractivity contribution in [2.75, 3.05) is 26.4 Å². The summed E-state index contributed by atoms with van der Waals surface area (Å²) in [4.78, 5) is 12.0. The first-order valence-electron chi connectivity index (χ1n) is 17.8. The highest BCUT2D eigenvalue weighted by atomic mass is 32.2. The van der Waals surface area contributed by atoms with E-state index in [2.05, 4.69) is 59.4 Å². The Hall–Kier alpha value is -1.79. The van der Waals surface area contributed by atoms with Crippen molar-refractivity contribution in [2.45, 2.75) is 146 Å². The van der Waals surface area contributed by atoms with E-state index in [1.165, 1.54) is 107 Å². The molecule has 43 heavy (non-hydrogen) atoms. The van der Waals surface area contributed by atoms with E-state index in [1.807, 2.05) is 11.8 Å². The van der Waals surface area contributed by atoms with Crippen LogP contribution >= 0.6 is 11.8 Å². The second-order valence-corrected chi connectivity index (χ2v) is 14.1. The molecule has 0 aliphatic carbocycles. The van der Waals surface area contributed by atoms with Crippen molar-refractivity contribution in [1.29, 1.82) is 0 Å². The number of carbonyl (C=O) groups is 1. The normalized spacial score (nSPS) is 16.3. The van der Waals surface area contributed by atoms with Crippen molar-refractivity contribution in [3.8, 4) is 0 Å². The lowest BCUT2D eigenvalue weighted by molar-refractivity contribution is -0.671. The third-order valence-electron chi connectivity index (χ3n) is 8.64. The molecular formula is C37H61N2O3S+. The number of carbonyl (C=O) groups excluding carboxylic acids is 1. The van der Waals surface area contributed by atoms with E-state index >= 15 is 0 Å². The van der Waals surface area contributed by atoms with Gasteiger partial charge in [0.05, 0.1) is 6.61 Å². The van der Waals surface area contributed by atoms with Crippen molar-refractivity contribution in [2.24, 2.45) is 0 Å². The minimum Gasteiger partial charge on any atom is -0.448 e. The molecule has 1 aromatic carbocycles. The zero-order valence-corrected chi connectivity index (χ0v) is 28.1. The van der Waals surface area contributed by atoms with Crippen LogP contribution in [0.5, 0.6) is 0 Å². The summed E-state index contributed by atoms with van der Waals surface area (Å²) < 4.78 is 13.7. The van der Waals surface area contributed by atoms with Gasteiger partial charge in [0.25, 0.3) is 0 Å². The van der Waals surface area contributed by atoms with Gasteiger partial charge in [-0.25, -0.2) is 4.79 Å². The summed E-state index contributed by atoms with van der Waals surface area (Å²) in [6.07, 6.45) is 27.0. The van der Waals surface area contributed by atoms with Crippen LogP contribution in [0.2, 0.25) is 0 Å². The zero-order valence-electron chi connectivity index (χ0n) is 27.2. The van der Waals surface area contributed by atoms with Gasteiger partial charge >= 0.3 is 6.09 Å². The van der Waals surface area contributed by atoms with Gasteiger partial charge in [-0.05, 0) is 31.4 Å². The molecule has 2 heterocycles. The maximum atomic E-state index is 12.0. The lowest BCUT2D eigenvalue weighted by atomic mass is 10.0. The van der Waals surface area contributed by atoms with E-state index in [0.717, 1.165) is 52.0 Å². The molecule has 1 aromatic heterocycles. The summed E-state index contributed by atoms with van der Waals surface area (Å²) in [7, 11) is 0. The van der Waals surface area contributed by atoms with Gasteiger partial charge in [0.2, 0.25) is 5.52 Å². The summed E-state index contributed by atoms with van der Waals surface area (Å²) in [5, 5.41) is 5.16. The average Bonchev–Trinajstić information content (AvgIpc) is 3.00. The molecule has 1 aliphatic rings. The van der Waals surface area contributed by atoms with E-state index in [4.69, 9.17) is 9.47 Å². The molecule has 1 saturated heterocycles. The smallest absolute Gasteiger partial charge is 0.407 e. The average molecular weight is 614 g/mol. The Kier molecular flexibility index (Phi) is 19.6. The molecule has 0 saturated carbocycles. The molecule has 0 unspecified atom stereocenters. The van der Waals surface area contributed by atoms with E-state index in [9.17, 15) is 4.79 Å². The summed E-state index contributed by atoms with van der Waals surface area (Å²) in [5.41, 5.74) is 1.29. The van der Waals surface area contributed by atoms with Crippen LogP contribution in [0.3, 0.4) is 0 Å². The summed E-state index contributed by atoms with van der Waals surface area (Å²) >= 11 is 1.89. The number of pyridine rings is 1. The minimum absolute atomic E-state index is 0.259. The lowest BCUT2D eigenvalue weighted by Crippen LogP contribution is -2.36. The molecule has 2 aromatic rings. The maximum absolute atomic E-state index is 12.0. The number of aryl methyl sites for hydroxylation is 1. The van der Waals surface area contributed by atoms with Crippen molar-refractivity contribution in [3.05, 3.63) is 42.6 Å². The van der Waals surface area contributed by atoms with E-state index in [-0.39, 0.29) is 6.09 Å². The van der Waals surface area contributed by atoms with Gasteiger partial charge in [-0.1, -0.05) is 115 Å². The molecule has 0 spiro atoms. The van der Waals surface area contributed by atoms with Crippen molar-refractivity contribution < 1.29 is 18.8 Å². The number of alkyl carbamates (subject to hydrolysis) is 1. The molecule has 1 amide bonds. The molecule has 5 nitrogen and oxygen atoms in total. The second-order valence-electron chi connectivity index (χ2n) is 12.5. The summed E-state index contributed by atoms with van der Waals surface area (Å²) in [6, 6.07) is 12.8. The number of hydrogen-bond donors (Lipinski definition) is 1. The van der Waals surface area contributed by atoms with Crippen molar-refractivity contribution in [3.63, 3.8) is 0 Å². The van der Waals surface area contributed by atoms with Crippen LogP contribution in [0.15, 0.2) is 42.6 Å². The number of fused-ring (bicyclic) bond motifs is 1. The number of benzene rings is 1. The molecule has 0 radical (unpaired) electrons. The van der Waals surface area contributed by atoms with Gasteiger partial charge in [0.1, 0.15) is 13.2 Å². The summed E-state index contributed by atoms with van der Waals surface area (Å²) in [6.45, 7) is 6.15. The molecule has 3 rings (SSSR count). The molecule has 1 aliphatic heterocycles. The number of ether oxygens (including phenoxy) is 2. The Morgan fingerprint density at radius 2 is 1.35 bits per heavy atom. The highest BCUT2D eigenvalue weighted by Gasteiger charge is 2.31. The Balaban J connectivity index is 1.02. The fourth-order valence-electron chi connectivity index (χ4n) is 5.97. The van der Waals surface area contributed by atoms with Crippen LogP contribution in [0.1, 0.15) is 129 Å². The fourth-order valence-corrected chi connectivity index (χ4v) is 7.16. The van der Waals surface area contributed by atoms with Crippen LogP contribution in [-0.2, 0) is 16.0 Å². The van der Waals surface area contributed by atoms with E-state index in [0.29, 0.717) is 17.1 Å². The minimum atomic E-state index is -0.259. The predicted molar refractivity (Wildman–Crippen MR) is 183 cm³/mol. The first kappa shape index (κ1) is 35.7. The van der Waals surface area contributed by atoms with Gasteiger partial charge < -0.3 is 14.8 Å². The monoisotopic (exact) mass is 613 g/mol. The van der Waals surface area contributed by atoms with Gasteiger partial charge in [-0.15, -0.1) is 11.8 Å². The number of rotatable bonds is 26. The Labute approximate surface area is 267 Å². The Bertz CT molecular complexity index is 976. The van der Waals surface area contributed by atoms with Crippen molar-refractivity contribution >= 4 is 28.8 Å². The highest BCUT2D eigenvalue weighted by Crippen LogP contribution is 2.36.